The van der Waals surface area contributed by atoms with E-state index in [1.54, 1.807) is 11.8 Å². The van der Waals surface area contributed by atoms with Crippen LogP contribution in [0.15, 0.2) is 47.4 Å². The molecule has 0 heterocycles. The summed E-state index contributed by atoms with van der Waals surface area (Å²) in [5.41, 5.74) is -0.170. The molecule has 0 spiro atoms. The van der Waals surface area contributed by atoms with Crippen LogP contribution in [0.2, 0.25) is 0 Å². The summed E-state index contributed by atoms with van der Waals surface area (Å²) in [4.78, 5) is 13.0. The normalized spacial score (nSPS) is 11.5. The molecule has 19 heavy (non-hydrogen) atoms. The lowest BCUT2D eigenvalue weighted by Crippen LogP contribution is -2.41. The summed E-state index contributed by atoms with van der Waals surface area (Å²) in [7, 11) is 0. The van der Waals surface area contributed by atoms with Crippen molar-refractivity contribution in [2.75, 3.05) is 5.75 Å². The van der Waals surface area contributed by atoms with Crippen LogP contribution in [0.4, 0.5) is 0 Å². The highest BCUT2D eigenvalue weighted by Crippen LogP contribution is 2.27. The van der Waals surface area contributed by atoms with E-state index in [1.807, 2.05) is 39.0 Å². The van der Waals surface area contributed by atoms with Gasteiger partial charge >= 0.3 is 0 Å². The van der Waals surface area contributed by atoms with Crippen LogP contribution in [0.25, 0.3) is 10.8 Å². The van der Waals surface area contributed by atoms with Crippen molar-refractivity contribution in [2.24, 2.45) is 0 Å². The Hall–Kier alpha value is -1.48. The molecular formula is C16H19NOS. The molecule has 0 aliphatic rings. The standard InChI is InChI=1S/C16H19NOS/c1-16(2,3)17-15(18)11-19-14-10-6-8-12-7-4-5-9-13(12)14/h4-10H,11H2,1-3H3,(H,17,18). The van der Waals surface area contributed by atoms with Gasteiger partial charge in [0.25, 0.3) is 0 Å². The lowest BCUT2D eigenvalue weighted by atomic mass is 10.1. The first-order chi connectivity index (χ1) is 8.96. The highest BCUT2D eigenvalue weighted by atomic mass is 32.2. The largest absolute Gasteiger partial charge is 0.351 e. The molecule has 0 saturated carbocycles. The first kappa shape index (κ1) is 13.9. The second kappa shape index (κ2) is 5.66. The summed E-state index contributed by atoms with van der Waals surface area (Å²) in [6.07, 6.45) is 0. The summed E-state index contributed by atoms with van der Waals surface area (Å²) >= 11 is 1.59. The Balaban J connectivity index is 2.08. The van der Waals surface area contributed by atoms with Crippen molar-refractivity contribution in [3.05, 3.63) is 42.5 Å². The van der Waals surface area contributed by atoms with Gasteiger partial charge in [-0.05, 0) is 37.6 Å². The van der Waals surface area contributed by atoms with Crippen LogP contribution >= 0.6 is 11.8 Å². The Morgan fingerprint density at radius 2 is 1.79 bits per heavy atom. The number of rotatable bonds is 3. The van der Waals surface area contributed by atoms with Crippen LogP contribution in [0.1, 0.15) is 20.8 Å². The number of hydrogen-bond acceptors (Lipinski definition) is 2. The predicted molar refractivity (Wildman–Crippen MR) is 82.6 cm³/mol. The van der Waals surface area contributed by atoms with E-state index in [-0.39, 0.29) is 11.4 Å². The fourth-order valence-electron chi connectivity index (χ4n) is 1.92. The number of benzene rings is 2. The molecule has 0 atom stereocenters. The molecule has 2 nitrogen and oxygen atoms in total. The maximum absolute atomic E-state index is 11.8. The second-order valence-corrected chi connectivity index (χ2v) is 6.58. The summed E-state index contributed by atoms with van der Waals surface area (Å²) < 4.78 is 0. The van der Waals surface area contributed by atoms with E-state index in [0.29, 0.717) is 5.75 Å². The molecule has 0 saturated heterocycles. The van der Waals surface area contributed by atoms with Crippen LogP contribution < -0.4 is 5.32 Å². The molecule has 0 radical (unpaired) electrons. The maximum atomic E-state index is 11.8. The van der Waals surface area contributed by atoms with Crippen molar-refractivity contribution in [3.63, 3.8) is 0 Å². The topological polar surface area (TPSA) is 29.1 Å². The predicted octanol–water partition coefficient (Wildman–Crippen LogP) is 3.85. The minimum atomic E-state index is -0.170. The molecule has 1 N–H and O–H groups in total. The smallest absolute Gasteiger partial charge is 0.230 e. The van der Waals surface area contributed by atoms with E-state index in [9.17, 15) is 4.79 Å². The zero-order valence-corrected chi connectivity index (χ0v) is 12.4. The SMILES string of the molecule is CC(C)(C)NC(=O)CSc1cccc2ccccc12. The highest BCUT2D eigenvalue weighted by molar-refractivity contribution is 8.00. The monoisotopic (exact) mass is 273 g/mol. The van der Waals surface area contributed by atoms with Crippen molar-refractivity contribution in [1.82, 2.24) is 5.32 Å². The fourth-order valence-corrected chi connectivity index (χ4v) is 2.79. The number of thioether (sulfide) groups is 1. The Kier molecular flexibility index (Phi) is 4.15. The first-order valence-corrected chi connectivity index (χ1v) is 7.36. The molecular weight excluding hydrogens is 254 g/mol. The summed E-state index contributed by atoms with van der Waals surface area (Å²) in [5, 5.41) is 5.40. The molecule has 0 fully saturated rings. The van der Waals surface area contributed by atoms with Gasteiger partial charge in [-0.25, -0.2) is 0 Å². The van der Waals surface area contributed by atoms with E-state index in [4.69, 9.17) is 0 Å². The summed E-state index contributed by atoms with van der Waals surface area (Å²) in [5.74, 6) is 0.524. The van der Waals surface area contributed by atoms with Gasteiger partial charge < -0.3 is 5.32 Å². The quantitative estimate of drug-likeness (QED) is 0.861. The van der Waals surface area contributed by atoms with Crippen molar-refractivity contribution < 1.29 is 4.79 Å². The van der Waals surface area contributed by atoms with E-state index >= 15 is 0 Å². The Bertz CT molecular complexity index is 581. The number of hydrogen-bond donors (Lipinski definition) is 1. The fraction of sp³-hybridized carbons (Fsp3) is 0.312. The average molecular weight is 273 g/mol. The average Bonchev–Trinajstić information content (AvgIpc) is 2.34. The molecule has 2 aromatic carbocycles. The van der Waals surface area contributed by atoms with Crippen molar-refractivity contribution in [1.29, 1.82) is 0 Å². The van der Waals surface area contributed by atoms with Crippen LogP contribution in [0.3, 0.4) is 0 Å². The molecule has 0 aliphatic heterocycles. The molecule has 0 bridgehead atoms. The van der Waals surface area contributed by atoms with Crippen LogP contribution in [0, 0.1) is 0 Å². The lowest BCUT2D eigenvalue weighted by molar-refractivity contribution is -0.119. The zero-order valence-electron chi connectivity index (χ0n) is 11.6. The van der Waals surface area contributed by atoms with Crippen molar-refractivity contribution >= 4 is 28.4 Å². The van der Waals surface area contributed by atoms with Gasteiger partial charge in [0.15, 0.2) is 0 Å². The number of carbonyl (C=O) groups excluding carboxylic acids is 1. The van der Waals surface area contributed by atoms with Gasteiger partial charge in [-0.2, -0.15) is 0 Å². The van der Waals surface area contributed by atoms with Crippen LogP contribution in [-0.2, 0) is 4.79 Å². The van der Waals surface area contributed by atoms with E-state index < -0.39 is 0 Å². The number of nitrogens with one attached hydrogen (secondary N) is 1. The third-order valence-corrected chi connectivity index (χ3v) is 3.70. The molecule has 1 amide bonds. The molecule has 0 aromatic heterocycles. The van der Waals surface area contributed by atoms with Gasteiger partial charge in [0.2, 0.25) is 5.91 Å². The maximum Gasteiger partial charge on any atom is 0.230 e. The van der Waals surface area contributed by atoms with Crippen LogP contribution in [-0.4, -0.2) is 17.2 Å². The van der Waals surface area contributed by atoms with Gasteiger partial charge in [0.1, 0.15) is 0 Å². The molecule has 0 aliphatic carbocycles. The molecule has 2 rings (SSSR count). The Labute approximate surface area is 118 Å². The minimum absolute atomic E-state index is 0.0745. The summed E-state index contributed by atoms with van der Waals surface area (Å²) in [6.45, 7) is 5.98. The first-order valence-electron chi connectivity index (χ1n) is 6.37. The number of amides is 1. The van der Waals surface area contributed by atoms with Gasteiger partial charge in [-0.3, -0.25) is 4.79 Å². The van der Waals surface area contributed by atoms with Gasteiger partial charge in [-0.15, -0.1) is 11.8 Å². The van der Waals surface area contributed by atoms with Gasteiger partial charge in [0.05, 0.1) is 5.75 Å². The minimum Gasteiger partial charge on any atom is -0.351 e. The van der Waals surface area contributed by atoms with E-state index in [1.165, 1.54) is 10.8 Å². The Morgan fingerprint density at radius 1 is 1.11 bits per heavy atom. The third kappa shape index (κ3) is 4.00. The molecule has 0 unspecified atom stereocenters. The van der Waals surface area contributed by atoms with E-state index in [0.717, 1.165) is 4.90 Å². The van der Waals surface area contributed by atoms with Gasteiger partial charge in [0, 0.05) is 10.4 Å². The molecule has 3 heteroatoms. The van der Waals surface area contributed by atoms with Crippen LogP contribution in [0.5, 0.6) is 0 Å². The van der Waals surface area contributed by atoms with Gasteiger partial charge in [-0.1, -0.05) is 36.4 Å². The molecule has 100 valence electrons. The second-order valence-electron chi connectivity index (χ2n) is 5.56. The third-order valence-electron chi connectivity index (χ3n) is 2.62. The van der Waals surface area contributed by atoms with E-state index in [2.05, 4.69) is 29.6 Å². The summed E-state index contributed by atoms with van der Waals surface area (Å²) in [6, 6.07) is 14.4. The number of carbonyl (C=O) groups is 1. The lowest BCUT2D eigenvalue weighted by Gasteiger charge is -2.20. The van der Waals surface area contributed by atoms with Crippen molar-refractivity contribution in [3.8, 4) is 0 Å². The Morgan fingerprint density at radius 3 is 2.53 bits per heavy atom. The zero-order chi connectivity index (χ0) is 13.9. The highest BCUT2D eigenvalue weighted by Gasteiger charge is 2.14. The number of fused-ring (bicyclic) bond motifs is 1. The van der Waals surface area contributed by atoms with Crippen molar-refractivity contribution in [2.45, 2.75) is 31.2 Å². The molecule has 2 aromatic rings.